The third-order valence-electron chi connectivity index (χ3n) is 4.25. The molecule has 0 bridgehead atoms. The summed E-state index contributed by atoms with van der Waals surface area (Å²) in [5, 5.41) is 7.80. The van der Waals surface area contributed by atoms with E-state index in [1.165, 1.54) is 6.33 Å². The third-order valence-corrected chi connectivity index (χ3v) is 4.75. The van der Waals surface area contributed by atoms with Gasteiger partial charge in [0.2, 0.25) is 0 Å². The van der Waals surface area contributed by atoms with Gasteiger partial charge >= 0.3 is 0 Å². The molecule has 0 saturated heterocycles. The van der Waals surface area contributed by atoms with E-state index in [1.807, 2.05) is 37.3 Å². The lowest BCUT2D eigenvalue weighted by atomic mass is 10.1. The van der Waals surface area contributed by atoms with E-state index in [4.69, 9.17) is 9.15 Å². The second-order valence-corrected chi connectivity index (χ2v) is 7.10. The first-order valence-corrected chi connectivity index (χ1v) is 9.45. The normalized spacial score (nSPS) is 10.9. The van der Waals surface area contributed by atoms with Crippen LogP contribution in [0.2, 0.25) is 0 Å². The summed E-state index contributed by atoms with van der Waals surface area (Å²) in [6.45, 7) is 2.90. The molecule has 0 unspecified atom stereocenters. The Morgan fingerprint density at radius 1 is 1.29 bits per heavy atom. The van der Waals surface area contributed by atoms with Crippen LogP contribution < -0.4 is 10.1 Å². The molecule has 2 aromatic heterocycles. The number of hydrogen-bond donors (Lipinski definition) is 1. The van der Waals surface area contributed by atoms with Crippen molar-refractivity contribution < 1.29 is 13.9 Å². The van der Waals surface area contributed by atoms with Crippen molar-refractivity contribution in [2.24, 2.45) is 0 Å². The number of halogens is 1. The number of fused-ring (bicyclic) bond motifs is 1. The number of aromatic nitrogens is 3. The van der Waals surface area contributed by atoms with Crippen LogP contribution in [0.3, 0.4) is 0 Å². The maximum Gasteiger partial charge on any atom is 0.291 e. The van der Waals surface area contributed by atoms with Crippen LogP contribution in [0.5, 0.6) is 5.75 Å². The zero-order valence-corrected chi connectivity index (χ0v) is 16.6. The molecular formula is C20H17BrN4O3. The second kappa shape index (κ2) is 7.85. The van der Waals surface area contributed by atoms with Gasteiger partial charge in [0.1, 0.15) is 30.6 Å². The van der Waals surface area contributed by atoms with E-state index in [0.29, 0.717) is 35.9 Å². The first-order valence-electron chi connectivity index (χ1n) is 8.65. The molecule has 0 aliphatic rings. The van der Waals surface area contributed by atoms with Crippen LogP contribution in [0, 0.1) is 6.92 Å². The summed E-state index contributed by atoms with van der Waals surface area (Å²) in [6.07, 6.45) is 3.11. The van der Waals surface area contributed by atoms with Crippen molar-refractivity contribution in [2.45, 2.75) is 13.5 Å². The van der Waals surface area contributed by atoms with Crippen LogP contribution in [0.4, 0.5) is 5.69 Å². The highest BCUT2D eigenvalue weighted by Gasteiger charge is 2.18. The fourth-order valence-electron chi connectivity index (χ4n) is 2.87. The lowest BCUT2D eigenvalue weighted by molar-refractivity contribution is 0.0998. The zero-order valence-electron chi connectivity index (χ0n) is 15.1. The van der Waals surface area contributed by atoms with Crippen molar-refractivity contribution in [2.75, 3.05) is 11.9 Å². The zero-order chi connectivity index (χ0) is 19.5. The van der Waals surface area contributed by atoms with Gasteiger partial charge in [-0.25, -0.2) is 9.67 Å². The number of nitrogens with one attached hydrogen (secondary N) is 1. The number of aryl methyl sites for hydroxylation is 1. The number of hydrogen-bond acceptors (Lipinski definition) is 5. The van der Waals surface area contributed by atoms with E-state index in [-0.39, 0.29) is 5.91 Å². The Kier molecular flexibility index (Phi) is 5.12. The third kappa shape index (κ3) is 3.91. The monoisotopic (exact) mass is 440 g/mol. The van der Waals surface area contributed by atoms with E-state index in [1.54, 1.807) is 23.1 Å². The number of nitrogens with zero attached hydrogens (tertiary/aromatic N) is 3. The molecule has 0 aliphatic heterocycles. The summed E-state index contributed by atoms with van der Waals surface area (Å²) in [7, 11) is 0. The Labute approximate surface area is 169 Å². The average Bonchev–Trinajstić information content (AvgIpc) is 3.31. The summed E-state index contributed by atoms with van der Waals surface area (Å²) >= 11 is 3.44. The molecule has 4 rings (SSSR count). The molecular weight excluding hydrogens is 424 g/mol. The van der Waals surface area contributed by atoms with Gasteiger partial charge in [0.15, 0.2) is 5.76 Å². The first kappa shape index (κ1) is 18.2. The topological polar surface area (TPSA) is 82.2 Å². The highest BCUT2D eigenvalue weighted by atomic mass is 79.9. The molecule has 142 valence electrons. The van der Waals surface area contributed by atoms with Crippen molar-refractivity contribution in [1.29, 1.82) is 0 Å². The number of rotatable bonds is 6. The molecule has 1 N–H and O–H groups in total. The van der Waals surface area contributed by atoms with Gasteiger partial charge < -0.3 is 14.5 Å². The highest BCUT2D eigenvalue weighted by Crippen LogP contribution is 2.29. The maximum absolute atomic E-state index is 12.7. The van der Waals surface area contributed by atoms with Crippen molar-refractivity contribution in [3.63, 3.8) is 0 Å². The Balaban J connectivity index is 1.45. The molecule has 8 heteroatoms. The number of carbonyl (C=O) groups is 1. The van der Waals surface area contributed by atoms with Gasteiger partial charge in [-0.1, -0.05) is 22.0 Å². The van der Waals surface area contributed by atoms with Crippen molar-refractivity contribution in [3.8, 4) is 5.75 Å². The molecule has 1 amide bonds. The molecule has 7 nitrogen and oxygen atoms in total. The van der Waals surface area contributed by atoms with Crippen molar-refractivity contribution >= 4 is 38.5 Å². The standard InChI is InChI=1S/C20H17BrN4O3/c1-13-17-9-14(21)5-6-18(17)28-19(13)20(26)24-15-3-2-4-16(10-15)27-8-7-25-12-22-11-23-25/h2-6,9-12H,7-8H2,1H3,(H,24,26). The van der Waals surface area contributed by atoms with E-state index >= 15 is 0 Å². The van der Waals surface area contributed by atoms with E-state index in [9.17, 15) is 4.79 Å². The van der Waals surface area contributed by atoms with Gasteiger partial charge in [0, 0.05) is 27.2 Å². The van der Waals surface area contributed by atoms with Crippen LogP contribution >= 0.6 is 15.9 Å². The number of amides is 1. The molecule has 0 radical (unpaired) electrons. The van der Waals surface area contributed by atoms with E-state index < -0.39 is 0 Å². The summed E-state index contributed by atoms with van der Waals surface area (Å²) in [4.78, 5) is 16.6. The quantitative estimate of drug-likeness (QED) is 0.479. The summed E-state index contributed by atoms with van der Waals surface area (Å²) in [5.41, 5.74) is 2.11. The van der Waals surface area contributed by atoms with Gasteiger partial charge in [-0.2, -0.15) is 5.10 Å². The fraction of sp³-hybridized carbons (Fsp3) is 0.150. The predicted octanol–water partition coefficient (Wildman–Crippen LogP) is 4.43. The van der Waals surface area contributed by atoms with Crippen LogP contribution in [-0.4, -0.2) is 27.3 Å². The Morgan fingerprint density at radius 3 is 3.00 bits per heavy atom. The van der Waals surface area contributed by atoms with Crippen LogP contribution in [0.1, 0.15) is 16.1 Å². The number of benzene rings is 2. The number of carbonyl (C=O) groups excluding carboxylic acids is 1. The maximum atomic E-state index is 12.7. The van der Waals surface area contributed by atoms with E-state index in [2.05, 4.69) is 31.3 Å². The second-order valence-electron chi connectivity index (χ2n) is 6.19. The minimum atomic E-state index is -0.301. The van der Waals surface area contributed by atoms with Crippen LogP contribution in [0.25, 0.3) is 11.0 Å². The molecule has 2 aromatic carbocycles. The molecule has 0 atom stereocenters. The molecule has 0 saturated carbocycles. The largest absolute Gasteiger partial charge is 0.492 e. The highest BCUT2D eigenvalue weighted by molar-refractivity contribution is 9.10. The van der Waals surface area contributed by atoms with Crippen molar-refractivity contribution in [1.82, 2.24) is 14.8 Å². The number of anilines is 1. The van der Waals surface area contributed by atoms with Gasteiger partial charge in [0.05, 0.1) is 6.54 Å². The number of ether oxygens (including phenoxy) is 1. The minimum Gasteiger partial charge on any atom is -0.492 e. The minimum absolute atomic E-state index is 0.297. The summed E-state index contributed by atoms with van der Waals surface area (Å²) in [5.74, 6) is 0.651. The van der Waals surface area contributed by atoms with Crippen molar-refractivity contribution in [3.05, 3.63) is 70.9 Å². The molecule has 0 fully saturated rings. The lowest BCUT2D eigenvalue weighted by Gasteiger charge is -2.09. The van der Waals surface area contributed by atoms with E-state index in [0.717, 1.165) is 15.4 Å². The average molecular weight is 441 g/mol. The van der Waals surface area contributed by atoms with Gasteiger partial charge in [-0.3, -0.25) is 4.79 Å². The predicted molar refractivity (Wildman–Crippen MR) is 109 cm³/mol. The Hall–Kier alpha value is -3.13. The fourth-order valence-corrected chi connectivity index (χ4v) is 3.23. The molecule has 2 heterocycles. The smallest absolute Gasteiger partial charge is 0.291 e. The first-order chi connectivity index (χ1) is 13.6. The Morgan fingerprint density at radius 2 is 2.18 bits per heavy atom. The molecule has 4 aromatic rings. The lowest BCUT2D eigenvalue weighted by Crippen LogP contribution is -2.12. The van der Waals surface area contributed by atoms with Crippen LogP contribution in [-0.2, 0) is 6.54 Å². The summed E-state index contributed by atoms with van der Waals surface area (Å²) < 4.78 is 14.1. The SMILES string of the molecule is Cc1c(C(=O)Nc2cccc(OCCn3cncn3)c2)oc2ccc(Br)cc12. The van der Waals surface area contributed by atoms with Gasteiger partial charge in [-0.15, -0.1) is 0 Å². The molecule has 28 heavy (non-hydrogen) atoms. The molecule has 0 spiro atoms. The van der Waals surface area contributed by atoms with Gasteiger partial charge in [0.25, 0.3) is 5.91 Å². The number of furan rings is 1. The van der Waals surface area contributed by atoms with Gasteiger partial charge in [-0.05, 0) is 37.3 Å². The summed E-state index contributed by atoms with van der Waals surface area (Å²) in [6, 6.07) is 12.9. The Bertz CT molecular complexity index is 1120. The van der Waals surface area contributed by atoms with Crippen LogP contribution in [0.15, 0.2) is 64.0 Å². The molecule has 0 aliphatic carbocycles.